The summed E-state index contributed by atoms with van der Waals surface area (Å²) < 4.78 is 7.69. The number of nitrogens with one attached hydrogen (secondary N) is 1. The fourth-order valence-corrected chi connectivity index (χ4v) is 3.15. The van der Waals surface area contributed by atoms with Gasteiger partial charge in [0.25, 0.3) is 0 Å². The van der Waals surface area contributed by atoms with Crippen molar-refractivity contribution in [2.75, 3.05) is 11.9 Å². The molecule has 0 saturated carbocycles. The van der Waals surface area contributed by atoms with E-state index in [1.54, 1.807) is 4.68 Å². The molecule has 4 rings (SSSR count). The van der Waals surface area contributed by atoms with E-state index in [4.69, 9.17) is 4.74 Å². The van der Waals surface area contributed by atoms with Crippen molar-refractivity contribution in [2.24, 2.45) is 0 Å². The summed E-state index contributed by atoms with van der Waals surface area (Å²) >= 11 is 0. The van der Waals surface area contributed by atoms with Crippen molar-refractivity contribution in [3.8, 4) is 5.69 Å². The number of anilines is 1. The molecule has 2 atom stereocenters. The highest BCUT2D eigenvalue weighted by Gasteiger charge is 2.25. The van der Waals surface area contributed by atoms with Gasteiger partial charge in [-0.1, -0.05) is 53.1 Å². The van der Waals surface area contributed by atoms with E-state index < -0.39 is 0 Å². The lowest BCUT2D eigenvalue weighted by molar-refractivity contribution is 0.00966. The lowest BCUT2D eigenvalue weighted by atomic mass is 9.97. The molecule has 6 heteroatoms. The van der Waals surface area contributed by atoms with Crippen molar-refractivity contribution >= 4 is 5.95 Å². The normalized spacial score (nSPS) is 20.4. The van der Waals surface area contributed by atoms with Crippen LogP contribution in [0.15, 0.2) is 54.6 Å². The minimum atomic E-state index is 0.108. The van der Waals surface area contributed by atoms with E-state index in [1.165, 1.54) is 11.1 Å². The molecule has 0 bridgehead atoms. The zero-order valence-corrected chi connectivity index (χ0v) is 14.2. The zero-order chi connectivity index (χ0) is 17.1. The molecule has 0 aliphatic carbocycles. The molecule has 25 heavy (non-hydrogen) atoms. The predicted octanol–water partition coefficient (Wildman–Crippen LogP) is 3.30. The molecule has 1 saturated heterocycles. The van der Waals surface area contributed by atoms with E-state index in [2.05, 4.69) is 52.0 Å². The Morgan fingerprint density at radius 2 is 1.88 bits per heavy atom. The Hall–Kier alpha value is -2.73. The van der Waals surface area contributed by atoms with E-state index in [-0.39, 0.29) is 12.1 Å². The van der Waals surface area contributed by atoms with Crippen LogP contribution in [-0.2, 0) is 4.74 Å². The highest BCUT2D eigenvalue weighted by atomic mass is 16.5. The van der Waals surface area contributed by atoms with Crippen molar-refractivity contribution in [1.82, 2.24) is 20.2 Å². The highest BCUT2D eigenvalue weighted by molar-refractivity contribution is 5.40. The third-order valence-corrected chi connectivity index (χ3v) is 4.54. The van der Waals surface area contributed by atoms with Crippen LogP contribution in [0.1, 0.15) is 30.1 Å². The van der Waals surface area contributed by atoms with Crippen molar-refractivity contribution in [1.29, 1.82) is 0 Å². The number of ether oxygens (including phenoxy) is 1. The molecule has 128 valence electrons. The third-order valence-electron chi connectivity index (χ3n) is 4.54. The SMILES string of the molecule is Cc1ccc(-n2nnnc2NC2CCOC(c3ccccc3)C2)cc1. The molecule has 1 aromatic heterocycles. The van der Waals surface area contributed by atoms with Crippen molar-refractivity contribution in [2.45, 2.75) is 31.9 Å². The zero-order valence-electron chi connectivity index (χ0n) is 14.2. The van der Waals surface area contributed by atoms with Crippen LogP contribution in [0.3, 0.4) is 0 Å². The standard InChI is InChI=1S/C19H21N5O/c1-14-7-9-17(10-8-14)24-19(21-22-23-24)20-16-11-12-25-18(13-16)15-5-3-2-4-6-15/h2-10,16,18H,11-13H2,1H3,(H,20,21,23). The molecule has 2 heterocycles. The molecular weight excluding hydrogens is 314 g/mol. The Bertz CT molecular complexity index is 815. The number of hydrogen-bond acceptors (Lipinski definition) is 5. The minimum absolute atomic E-state index is 0.108. The summed E-state index contributed by atoms with van der Waals surface area (Å²) in [6.45, 7) is 2.79. The predicted molar refractivity (Wildman–Crippen MR) is 95.7 cm³/mol. The Morgan fingerprint density at radius 3 is 2.68 bits per heavy atom. The number of aryl methyl sites for hydroxylation is 1. The topological polar surface area (TPSA) is 64.9 Å². The van der Waals surface area contributed by atoms with Gasteiger partial charge in [0, 0.05) is 12.6 Å². The molecule has 1 aliphatic heterocycles. The van der Waals surface area contributed by atoms with Gasteiger partial charge in [-0.25, -0.2) is 0 Å². The van der Waals surface area contributed by atoms with Gasteiger partial charge in [0.1, 0.15) is 0 Å². The number of nitrogens with zero attached hydrogens (tertiary/aromatic N) is 4. The Balaban J connectivity index is 1.49. The lowest BCUT2D eigenvalue weighted by Gasteiger charge is -2.30. The lowest BCUT2D eigenvalue weighted by Crippen LogP contribution is -2.31. The molecule has 2 aromatic carbocycles. The minimum Gasteiger partial charge on any atom is -0.373 e. The average Bonchev–Trinajstić information content (AvgIpc) is 3.11. The summed E-state index contributed by atoms with van der Waals surface area (Å²) in [5, 5.41) is 15.6. The van der Waals surface area contributed by atoms with Gasteiger partial charge in [0.15, 0.2) is 0 Å². The molecule has 3 aromatic rings. The highest BCUT2D eigenvalue weighted by Crippen LogP contribution is 2.29. The summed E-state index contributed by atoms with van der Waals surface area (Å²) in [7, 11) is 0. The first-order valence-electron chi connectivity index (χ1n) is 8.58. The second-order valence-corrected chi connectivity index (χ2v) is 6.39. The number of tetrazole rings is 1. The second kappa shape index (κ2) is 7.03. The van der Waals surface area contributed by atoms with Gasteiger partial charge >= 0.3 is 0 Å². The maximum absolute atomic E-state index is 5.94. The van der Waals surface area contributed by atoms with Crippen molar-refractivity contribution < 1.29 is 4.74 Å². The van der Waals surface area contributed by atoms with Crippen LogP contribution in [0, 0.1) is 6.92 Å². The van der Waals surface area contributed by atoms with Crippen LogP contribution in [-0.4, -0.2) is 32.9 Å². The summed E-state index contributed by atoms with van der Waals surface area (Å²) in [5.74, 6) is 0.669. The second-order valence-electron chi connectivity index (χ2n) is 6.39. The monoisotopic (exact) mass is 335 g/mol. The fourth-order valence-electron chi connectivity index (χ4n) is 3.15. The fraction of sp³-hybridized carbons (Fsp3) is 0.316. The molecule has 6 nitrogen and oxygen atoms in total. The molecule has 0 spiro atoms. The van der Waals surface area contributed by atoms with Crippen molar-refractivity contribution in [3.05, 3.63) is 65.7 Å². The molecule has 1 aliphatic rings. The molecule has 0 amide bonds. The molecule has 0 radical (unpaired) electrons. The summed E-state index contributed by atoms with van der Waals surface area (Å²) in [4.78, 5) is 0. The van der Waals surface area contributed by atoms with Crippen LogP contribution in [0.5, 0.6) is 0 Å². The van der Waals surface area contributed by atoms with E-state index in [9.17, 15) is 0 Å². The maximum atomic E-state index is 5.94. The van der Waals surface area contributed by atoms with Crippen molar-refractivity contribution in [3.63, 3.8) is 0 Å². The van der Waals surface area contributed by atoms with Crippen LogP contribution >= 0.6 is 0 Å². The first kappa shape index (κ1) is 15.8. The number of hydrogen-bond donors (Lipinski definition) is 1. The van der Waals surface area contributed by atoms with Gasteiger partial charge in [-0.3, -0.25) is 0 Å². The molecular formula is C19H21N5O. The smallest absolute Gasteiger partial charge is 0.247 e. The van der Waals surface area contributed by atoms with E-state index in [0.29, 0.717) is 5.95 Å². The Morgan fingerprint density at radius 1 is 1.08 bits per heavy atom. The van der Waals surface area contributed by atoms with Gasteiger partial charge in [-0.15, -0.1) is 0 Å². The van der Waals surface area contributed by atoms with Crippen LogP contribution in [0.4, 0.5) is 5.95 Å². The number of aromatic nitrogens is 4. The van der Waals surface area contributed by atoms with Crippen LogP contribution in [0.2, 0.25) is 0 Å². The third kappa shape index (κ3) is 3.53. The van der Waals surface area contributed by atoms with Gasteiger partial charge < -0.3 is 10.1 Å². The number of rotatable bonds is 4. The van der Waals surface area contributed by atoms with E-state index in [0.717, 1.165) is 25.1 Å². The van der Waals surface area contributed by atoms with E-state index in [1.807, 2.05) is 30.3 Å². The first-order chi connectivity index (χ1) is 12.3. The molecule has 2 unspecified atom stereocenters. The summed E-state index contributed by atoms with van der Waals surface area (Å²) in [5.41, 5.74) is 3.37. The quantitative estimate of drug-likeness (QED) is 0.792. The molecule has 1 N–H and O–H groups in total. The Labute approximate surface area is 146 Å². The van der Waals surface area contributed by atoms with E-state index >= 15 is 0 Å². The van der Waals surface area contributed by atoms with Gasteiger partial charge in [-0.05, 0) is 47.9 Å². The summed E-state index contributed by atoms with van der Waals surface area (Å²) in [6, 6.07) is 18.8. The molecule has 1 fully saturated rings. The van der Waals surface area contributed by atoms with Gasteiger partial charge in [-0.2, -0.15) is 4.68 Å². The van der Waals surface area contributed by atoms with Gasteiger partial charge in [0.2, 0.25) is 5.95 Å². The largest absolute Gasteiger partial charge is 0.373 e. The van der Waals surface area contributed by atoms with Crippen LogP contribution in [0.25, 0.3) is 5.69 Å². The average molecular weight is 335 g/mol. The Kier molecular flexibility index (Phi) is 4.43. The van der Waals surface area contributed by atoms with Crippen LogP contribution < -0.4 is 5.32 Å². The summed E-state index contributed by atoms with van der Waals surface area (Å²) in [6.07, 6.45) is 1.94. The maximum Gasteiger partial charge on any atom is 0.247 e. The first-order valence-corrected chi connectivity index (χ1v) is 8.58. The number of benzene rings is 2. The van der Waals surface area contributed by atoms with Gasteiger partial charge in [0.05, 0.1) is 11.8 Å².